The molecular formula is C81H157NO5. The summed E-state index contributed by atoms with van der Waals surface area (Å²) < 4.78 is 5.50. The molecule has 0 saturated carbocycles. The molecule has 0 heterocycles. The van der Waals surface area contributed by atoms with Gasteiger partial charge in [0.15, 0.2) is 0 Å². The largest absolute Gasteiger partial charge is 0.466 e. The maximum Gasteiger partial charge on any atom is 0.305 e. The van der Waals surface area contributed by atoms with Crippen LogP contribution in [0.2, 0.25) is 0 Å². The number of hydrogen-bond donors (Lipinski definition) is 3. The Morgan fingerprint density at radius 2 is 0.540 bits per heavy atom. The Bertz CT molecular complexity index is 1360. The van der Waals surface area contributed by atoms with E-state index in [1.165, 1.54) is 385 Å². The van der Waals surface area contributed by atoms with Crippen LogP contribution in [-0.2, 0) is 14.3 Å². The molecule has 0 aliphatic carbocycles. The maximum absolute atomic E-state index is 12.6. The van der Waals surface area contributed by atoms with Gasteiger partial charge in [0.1, 0.15) is 0 Å². The number of carbonyl (C=O) groups excluding carboxylic acids is 2. The first-order chi connectivity index (χ1) is 43.0. The van der Waals surface area contributed by atoms with Crippen molar-refractivity contribution in [1.82, 2.24) is 5.32 Å². The first-order valence-corrected chi connectivity index (χ1v) is 40.1. The standard InChI is InChI=1S/C81H157NO5/c1-3-5-7-9-11-13-15-17-19-20-21-22-23-30-33-36-39-42-46-49-53-57-61-65-69-73-79(84)78(77-83)82-80(85)74-70-66-62-58-54-50-47-43-40-37-34-31-28-26-24-25-27-29-32-35-38-41-44-48-52-56-60-64-68-72-76-87-81(86)75-71-67-63-59-55-51-45-18-16-14-12-10-8-6-4-2/h18,45,69,73,78-79,83-84H,3-17,19-44,46-68,70-72,74-77H2,1-2H3,(H,82,85)/b45-18-,73-69+. The fraction of sp³-hybridized carbons (Fsp3) is 0.926. The van der Waals surface area contributed by atoms with Gasteiger partial charge in [-0.2, -0.15) is 0 Å². The van der Waals surface area contributed by atoms with Crippen LogP contribution in [0.1, 0.15) is 457 Å². The highest BCUT2D eigenvalue weighted by molar-refractivity contribution is 5.76. The van der Waals surface area contributed by atoms with Crippen molar-refractivity contribution in [3.8, 4) is 0 Å². The Balaban J connectivity index is 3.36. The van der Waals surface area contributed by atoms with Gasteiger partial charge in [-0.15, -0.1) is 0 Å². The van der Waals surface area contributed by atoms with Gasteiger partial charge in [0.25, 0.3) is 0 Å². The number of allylic oxidation sites excluding steroid dienone is 3. The number of unbranched alkanes of at least 4 members (excludes halogenated alkanes) is 63. The number of amides is 1. The van der Waals surface area contributed by atoms with Crippen molar-refractivity contribution < 1.29 is 24.5 Å². The summed E-state index contributed by atoms with van der Waals surface area (Å²) in [6.07, 6.45) is 98.8. The highest BCUT2D eigenvalue weighted by Gasteiger charge is 2.18. The van der Waals surface area contributed by atoms with Crippen LogP contribution in [0, 0.1) is 0 Å². The molecule has 0 bridgehead atoms. The van der Waals surface area contributed by atoms with Gasteiger partial charge in [-0.3, -0.25) is 9.59 Å². The zero-order chi connectivity index (χ0) is 62.8. The highest BCUT2D eigenvalue weighted by atomic mass is 16.5. The third kappa shape index (κ3) is 73.3. The lowest BCUT2D eigenvalue weighted by molar-refractivity contribution is -0.143. The molecule has 87 heavy (non-hydrogen) atoms. The monoisotopic (exact) mass is 1220 g/mol. The number of esters is 1. The summed E-state index contributed by atoms with van der Waals surface area (Å²) in [6, 6.07) is -0.626. The number of aliphatic hydroxyl groups is 2. The van der Waals surface area contributed by atoms with Crippen LogP contribution in [0.25, 0.3) is 0 Å². The van der Waals surface area contributed by atoms with Gasteiger partial charge >= 0.3 is 5.97 Å². The molecule has 6 heteroatoms. The second kappa shape index (κ2) is 76.8. The SMILES string of the molecule is CCCCCCCC/C=C\CCCCCCCC(=O)OCCCCCCCCCCCCCCCCCCCCCCCCCCCCCCCCC(=O)NC(CO)C(O)/C=C/CCCCCCCCCCCCCCCCCCCCCCCCC. The minimum atomic E-state index is -0.843. The first kappa shape index (κ1) is 85.3. The lowest BCUT2D eigenvalue weighted by atomic mass is 10.0. The molecule has 6 nitrogen and oxygen atoms in total. The number of carbonyl (C=O) groups is 2. The van der Waals surface area contributed by atoms with E-state index >= 15 is 0 Å². The van der Waals surface area contributed by atoms with Crippen LogP contribution in [-0.4, -0.2) is 47.4 Å². The van der Waals surface area contributed by atoms with Crippen molar-refractivity contribution in [2.24, 2.45) is 0 Å². The zero-order valence-electron chi connectivity index (χ0n) is 59.3. The lowest BCUT2D eigenvalue weighted by Gasteiger charge is -2.20. The first-order valence-electron chi connectivity index (χ1n) is 40.1. The van der Waals surface area contributed by atoms with Crippen LogP contribution in [0.3, 0.4) is 0 Å². The van der Waals surface area contributed by atoms with Gasteiger partial charge in [0.05, 0.1) is 25.4 Å². The molecule has 2 atom stereocenters. The van der Waals surface area contributed by atoms with Crippen molar-refractivity contribution in [3.63, 3.8) is 0 Å². The van der Waals surface area contributed by atoms with Crippen LogP contribution in [0.5, 0.6) is 0 Å². The van der Waals surface area contributed by atoms with Gasteiger partial charge in [-0.25, -0.2) is 0 Å². The van der Waals surface area contributed by atoms with Crippen molar-refractivity contribution in [2.45, 2.75) is 469 Å². The minimum absolute atomic E-state index is 0.0129. The Kier molecular flexibility index (Phi) is 75.3. The highest BCUT2D eigenvalue weighted by Crippen LogP contribution is 2.20. The third-order valence-corrected chi connectivity index (χ3v) is 19.0. The van der Waals surface area contributed by atoms with Crippen LogP contribution in [0.15, 0.2) is 24.3 Å². The van der Waals surface area contributed by atoms with Crippen LogP contribution >= 0.6 is 0 Å². The Hall–Kier alpha value is -1.66. The molecule has 3 N–H and O–H groups in total. The molecule has 0 saturated heterocycles. The van der Waals surface area contributed by atoms with E-state index in [0.717, 1.165) is 44.9 Å². The van der Waals surface area contributed by atoms with Crippen molar-refractivity contribution in [1.29, 1.82) is 0 Å². The number of ether oxygens (including phenoxy) is 1. The fourth-order valence-corrected chi connectivity index (χ4v) is 12.9. The van der Waals surface area contributed by atoms with Crippen LogP contribution < -0.4 is 5.32 Å². The molecule has 0 aliphatic heterocycles. The van der Waals surface area contributed by atoms with Gasteiger partial charge < -0.3 is 20.3 Å². The predicted octanol–water partition coefficient (Wildman–Crippen LogP) is 26.4. The van der Waals surface area contributed by atoms with Crippen molar-refractivity contribution in [2.75, 3.05) is 13.2 Å². The van der Waals surface area contributed by atoms with E-state index in [-0.39, 0.29) is 18.5 Å². The summed E-state index contributed by atoms with van der Waals surface area (Å²) in [6.45, 7) is 4.95. The molecule has 0 aromatic carbocycles. The van der Waals surface area contributed by atoms with E-state index in [4.69, 9.17) is 4.74 Å². The van der Waals surface area contributed by atoms with E-state index in [9.17, 15) is 19.8 Å². The predicted molar refractivity (Wildman–Crippen MR) is 384 cm³/mol. The average Bonchev–Trinajstić information content (AvgIpc) is 3.52. The molecule has 0 fully saturated rings. The zero-order valence-corrected chi connectivity index (χ0v) is 59.3. The summed E-state index contributed by atoms with van der Waals surface area (Å²) in [5, 5.41) is 23.3. The number of nitrogens with one attached hydrogen (secondary N) is 1. The smallest absolute Gasteiger partial charge is 0.305 e. The molecule has 0 aromatic rings. The second-order valence-corrected chi connectivity index (χ2v) is 27.8. The average molecular weight is 1230 g/mol. The molecule has 0 aromatic heterocycles. The van der Waals surface area contributed by atoms with Gasteiger partial charge in [-0.1, -0.05) is 411 Å². The Morgan fingerprint density at radius 3 is 0.816 bits per heavy atom. The van der Waals surface area contributed by atoms with E-state index in [1.54, 1.807) is 6.08 Å². The minimum Gasteiger partial charge on any atom is -0.466 e. The molecule has 0 spiro atoms. The van der Waals surface area contributed by atoms with E-state index in [1.807, 2.05) is 6.08 Å². The summed E-state index contributed by atoms with van der Waals surface area (Å²) in [4.78, 5) is 24.6. The lowest BCUT2D eigenvalue weighted by Crippen LogP contribution is -2.45. The molecular weight excluding hydrogens is 1070 g/mol. The third-order valence-electron chi connectivity index (χ3n) is 19.0. The Labute approximate surface area is 545 Å². The number of hydrogen-bond acceptors (Lipinski definition) is 5. The van der Waals surface area contributed by atoms with Gasteiger partial charge in [0, 0.05) is 12.8 Å². The van der Waals surface area contributed by atoms with E-state index in [2.05, 4.69) is 31.3 Å². The molecule has 2 unspecified atom stereocenters. The molecule has 1 amide bonds. The quantitative estimate of drug-likeness (QED) is 0.0320. The number of aliphatic hydroxyl groups excluding tert-OH is 2. The van der Waals surface area contributed by atoms with Crippen molar-refractivity contribution in [3.05, 3.63) is 24.3 Å². The molecule has 516 valence electrons. The van der Waals surface area contributed by atoms with Gasteiger partial charge in [0.2, 0.25) is 5.91 Å². The summed E-state index contributed by atoms with van der Waals surface area (Å²) >= 11 is 0. The topological polar surface area (TPSA) is 95.9 Å². The van der Waals surface area contributed by atoms with E-state index in [0.29, 0.717) is 19.4 Å². The second-order valence-electron chi connectivity index (χ2n) is 27.8. The molecule has 0 aliphatic rings. The summed E-state index contributed by atoms with van der Waals surface area (Å²) in [5.41, 5.74) is 0. The summed E-state index contributed by atoms with van der Waals surface area (Å²) in [5.74, 6) is -0.0457. The maximum atomic E-state index is 12.6. The van der Waals surface area contributed by atoms with E-state index < -0.39 is 12.1 Å². The molecule has 0 rings (SSSR count). The normalized spacial score (nSPS) is 12.6. The fourth-order valence-electron chi connectivity index (χ4n) is 12.9. The van der Waals surface area contributed by atoms with Crippen molar-refractivity contribution >= 4 is 11.9 Å². The summed E-state index contributed by atoms with van der Waals surface area (Å²) in [7, 11) is 0. The molecule has 0 radical (unpaired) electrons. The number of rotatable bonds is 76. The Morgan fingerprint density at radius 1 is 0.310 bits per heavy atom. The van der Waals surface area contributed by atoms with Crippen LogP contribution in [0.4, 0.5) is 0 Å². The van der Waals surface area contributed by atoms with Gasteiger partial charge in [-0.05, 0) is 57.8 Å².